The lowest BCUT2D eigenvalue weighted by Gasteiger charge is -2.08. The van der Waals surface area contributed by atoms with Gasteiger partial charge in [0.15, 0.2) is 0 Å². The number of benzene rings is 1. The minimum Gasteiger partial charge on any atom is -0.464 e. The van der Waals surface area contributed by atoms with Crippen LogP contribution in [0.5, 0.6) is 0 Å². The first-order valence-electron chi connectivity index (χ1n) is 6.72. The summed E-state index contributed by atoms with van der Waals surface area (Å²) in [5, 5.41) is 4.16. The number of nitrogens with one attached hydrogen (secondary N) is 1. The Morgan fingerprint density at radius 1 is 1.32 bits per heavy atom. The Kier molecular flexibility index (Phi) is 3.28. The Labute approximate surface area is 118 Å². The normalized spacial score (nSPS) is 21.4. The van der Waals surface area contributed by atoms with Crippen LogP contribution < -0.4 is 5.32 Å². The molecule has 2 atom stereocenters. The van der Waals surface area contributed by atoms with Crippen LogP contribution in [0.2, 0.25) is 5.02 Å². The predicted molar refractivity (Wildman–Crippen MR) is 78.7 cm³/mol. The van der Waals surface area contributed by atoms with Crippen molar-refractivity contribution in [2.75, 3.05) is 5.32 Å². The summed E-state index contributed by atoms with van der Waals surface area (Å²) in [5.41, 5.74) is 2.25. The molecule has 1 saturated carbocycles. The number of hydrogen-bond acceptors (Lipinski definition) is 2. The molecule has 2 nitrogen and oxygen atoms in total. The third-order valence-corrected chi connectivity index (χ3v) is 4.03. The van der Waals surface area contributed by atoms with Gasteiger partial charge in [-0.1, -0.05) is 18.5 Å². The summed E-state index contributed by atoms with van der Waals surface area (Å²) in [6, 6.07) is 10.0. The second-order valence-corrected chi connectivity index (χ2v) is 5.87. The Morgan fingerprint density at radius 3 is 2.79 bits per heavy atom. The first-order valence-corrected chi connectivity index (χ1v) is 7.10. The van der Waals surface area contributed by atoms with Gasteiger partial charge in [-0.2, -0.15) is 0 Å². The minimum atomic E-state index is 0.644. The lowest BCUT2D eigenvalue weighted by Crippen LogP contribution is -1.99. The van der Waals surface area contributed by atoms with Gasteiger partial charge in [-0.25, -0.2) is 0 Å². The zero-order valence-corrected chi connectivity index (χ0v) is 12.0. The lowest BCUT2D eigenvalue weighted by atomic mass is 10.2. The summed E-state index contributed by atoms with van der Waals surface area (Å²) in [4.78, 5) is 0. The Balaban J connectivity index is 1.64. The molecule has 0 spiro atoms. The molecule has 1 N–H and O–H groups in total. The van der Waals surface area contributed by atoms with Crippen molar-refractivity contribution >= 4 is 17.3 Å². The number of furan rings is 1. The molecule has 1 fully saturated rings. The Morgan fingerprint density at radius 2 is 2.11 bits per heavy atom. The molecule has 1 aromatic heterocycles. The molecule has 2 aromatic rings. The van der Waals surface area contributed by atoms with Crippen LogP contribution in [0.3, 0.4) is 0 Å². The molecule has 1 heterocycles. The molecular weight excluding hydrogens is 258 g/mol. The molecule has 19 heavy (non-hydrogen) atoms. The second-order valence-electron chi connectivity index (χ2n) is 5.44. The highest BCUT2D eigenvalue weighted by molar-refractivity contribution is 6.30. The second kappa shape index (κ2) is 4.93. The van der Waals surface area contributed by atoms with Crippen molar-refractivity contribution in [1.29, 1.82) is 0 Å². The topological polar surface area (TPSA) is 25.2 Å². The predicted octanol–water partition coefficient (Wildman–Crippen LogP) is 4.98. The molecule has 100 valence electrons. The average molecular weight is 276 g/mol. The van der Waals surface area contributed by atoms with Gasteiger partial charge in [0.05, 0.1) is 6.54 Å². The standard InChI is InChI=1S/C16H18ClNO/c1-10-8-14(10)16-6-4-13(19-16)9-18-15-5-3-12(17)7-11(15)2/h3-7,10,14,18H,8-9H2,1-2H3. The number of rotatable bonds is 4. The van der Waals surface area contributed by atoms with E-state index in [1.165, 1.54) is 6.42 Å². The van der Waals surface area contributed by atoms with E-state index in [0.29, 0.717) is 12.5 Å². The van der Waals surface area contributed by atoms with Crippen LogP contribution in [0.25, 0.3) is 0 Å². The van der Waals surface area contributed by atoms with E-state index in [1.807, 2.05) is 25.1 Å². The van der Waals surface area contributed by atoms with Crippen molar-refractivity contribution in [2.45, 2.75) is 32.7 Å². The van der Waals surface area contributed by atoms with Gasteiger partial charge in [0.1, 0.15) is 11.5 Å². The largest absolute Gasteiger partial charge is 0.464 e. The van der Waals surface area contributed by atoms with Gasteiger partial charge in [0.25, 0.3) is 0 Å². The van der Waals surface area contributed by atoms with E-state index in [1.54, 1.807) is 0 Å². The molecule has 1 aliphatic carbocycles. The quantitative estimate of drug-likeness (QED) is 0.851. The first-order chi connectivity index (χ1) is 9.13. The molecule has 3 rings (SSSR count). The Bertz CT molecular complexity index is 590. The lowest BCUT2D eigenvalue weighted by molar-refractivity contribution is 0.468. The third kappa shape index (κ3) is 2.79. The van der Waals surface area contributed by atoms with Gasteiger partial charge in [-0.15, -0.1) is 0 Å². The van der Waals surface area contributed by atoms with Gasteiger partial charge >= 0.3 is 0 Å². The molecule has 0 saturated heterocycles. The smallest absolute Gasteiger partial charge is 0.123 e. The highest BCUT2D eigenvalue weighted by atomic mass is 35.5. The van der Waals surface area contributed by atoms with Gasteiger partial charge < -0.3 is 9.73 Å². The molecule has 0 bridgehead atoms. The van der Waals surface area contributed by atoms with Gasteiger partial charge in [0, 0.05) is 16.6 Å². The number of hydrogen-bond donors (Lipinski definition) is 1. The maximum atomic E-state index is 5.95. The zero-order valence-electron chi connectivity index (χ0n) is 11.2. The molecule has 1 aromatic carbocycles. The average Bonchev–Trinajstić information content (AvgIpc) is 2.91. The van der Waals surface area contributed by atoms with Crippen LogP contribution in [-0.4, -0.2) is 0 Å². The summed E-state index contributed by atoms with van der Waals surface area (Å²) in [6.45, 7) is 5.03. The van der Waals surface area contributed by atoms with Crippen molar-refractivity contribution in [3.05, 3.63) is 52.4 Å². The summed E-state index contributed by atoms with van der Waals surface area (Å²) < 4.78 is 5.87. The van der Waals surface area contributed by atoms with E-state index < -0.39 is 0 Å². The third-order valence-electron chi connectivity index (χ3n) is 3.80. The van der Waals surface area contributed by atoms with E-state index in [4.69, 9.17) is 16.0 Å². The van der Waals surface area contributed by atoms with Gasteiger partial charge in [0.2, 0.25) is 0 Å². The van der Waals surface area contributed by atoms with E-state index in [-0.39, 0.29) is 0 Å². The van der Waals surface area contributed by atoms with Crippen molar-refractivity contribution in [1.82, 2.24) is 0 Å². The van der Waals surface area contributed by atoms with Crippen LogP contribution in [0.15, 0.2) is 34.7 Å². The molecular formula is C16H18ClNO. The van der Waals surface area contributed by atoms with Gasteiger partial charge in [-0.3, -0.25) is 0 Å². The van der Waals surface area contributed by atoms with Crippen LogP contribution in [0.1, 0.15) is 36.3 Å². The fraction of sp³-hybridized carbons (Fsp3) is 0.375. The van der Waals surface area contributed by atoms with Crippen molar-refractivity contribution in [2.24, 2.45) is 5.92 Å². The van der Waals surface area contributed by atoms with Crippen LogP contribution in [0, 0.1) is 12.8 Å². The first kappa shape index (κ1) is 12.6. The molecule has 3 heteroatoms. The fourth-order valence-electron chi connectivity index (χ4n) is 2.42. The Hall–Kier alpha value is -1.41. The summed E-state index contributed by atoms with van der Waals surface area (Å²) in [7, 11) is 0. The van der Waals surface area contributed by atoms with E-state index in [9.17, 15) is 0 Å². The monoisotopic (exact) mass is 275 g/mol. The van der Waals surface area contributed by atoms with Crippen molar-refractivity contribution in [3.8, 4) is 0 Å². The summed E-state index contributed by atoms with van der Waals surface area (Å²) in [6.07, 6.45) is 1.26. The number of anilines is 1. The van der Waals surface area contributed by atoms with Crippen molar-refractivity contribution in [3.63, 3.8) is 0 Å². The SMILES string of the molecule is Cc1cc(Cl)ccc1NCc1ccc(C2CC2C)o1. The van der Waals surface area contributed by atoms with Crippen molar-refractivity contribution < 1.29 is 4.42 Å². The maximum absolute atomic E-state index is 5.95. The molecule has 0 radical (unpaired) electrons. The summed E-state index contributed by atoms with van der Waals surface area (Å²) in [5.74, 6) is 3.55. The van der Waals surface area contributed by atoms with E-state index in [0.717, 1.165) is 33.7 Å². The number of aryl methyl sites for hydroxylation is 1. The van der Waals surface area contributed by atoms with E-state index in [2.05, 4.69) is 24.4 Å². The molecule has 0 aliphatic heterocycles. The minimum absolute atomic E-state index is 0.644. The van der Waals surface area contributed by atoms with Crippen LogP contribution in [-0.2, 0) is 6.54 Å². The van der Waals surface area contributed by atoms with Gasteiger partial charge in [-0.05, 0) is 55.2 Å². The zero-order chi connectivity index (χ0) is 13.4. The highest BCUT2D eigenvalue weighted by Crippen LogP contribution is 2.47. The van der Waals surface area contributed by atoms with Crippen LogP contribution >= 0.6 is 11.6 Å². The molecule has 0 amide bonds. The molecule has 1 aliphatic rings. The molecule has 2 unspecified atom stereocenters. The van der Waals surface area contributed by atoms with Crippen LogP contribution in [0.4, 0.5) is 5.69 Å². The maximum Gasteiger partial charge on any atom is 0.123 e. The summed E-state index contributed by atoms with van der Waals surface area (Å²) >= 11 is 5.95. The number of halogens is 1. The highest BCUT2D eigenvalue weighted by Gasteiger charge is 2.36. The van der Waals surface area contributed by atoms with E-state index >= 15 is 0 Å². The fourth-order valence-corrected chi connectivity index (χ4v) is 2.64.